The molecule has 0 spiro atoms. The van der Waals surface area contributed by atoms with Crippen LogP contribution in [0, 0.1) is 6.92 Å². The van der Waals surface area contributed by atoms with Crippen LogP contribution in [0.4, 0.5) is 5.69 Å². The van der Waals surface area contributed by atoms with Crippen molar-refractivity contribution in [1.29, 1.82) is 0 Å². The second-order valence-corrected chi connectivity index (χ2v) is 9.04. The Morgan fingerprint density at radius 2 is 1.93 bits per heavy atom. The Morgan fingerprint density at radius 3 is 2.59 bits per heavy atom. The van der Waals surface area contributed by atoms with E-state index >= 15 is 0 Å². The molecular formula is C20H22N2O4S. The van der Waals surface area contributed by atoms with Crippen LogP contribution in [0.25, 0.3) is 0 Å². The summed E-state index contributed by atoms with van der Waals surface area (Å²) in [6.07, 6.45) is 0. The minimum absolute atomic E-state index is 0.0564. The largest absolute Gasteiger partial charge is 0.394 e. The number of carbonyl (C=O) groups excluding carboxylic acids is 1. The molecule has 6 nitrogen and oxygen atoms in total. The van der Waals surface area contributed by atoms with Gasteiger partial charge in [0, 0.05) is 12.8 Å². The number of benzene rings is 2. The van der Waals surface area contributed by atoms with Crippen LogP contribution in [-0.2, 0) is 14.8 Å². The lowest BCUT2D eigenvalue weighted by atomic mass is 9.72. The third-order valence-electron chi connectivity index (χ3n) is 5.59. The molecule has 2 aliphatic heterocycles. The zero-order valence-corrected chi connectivity index (χ0v) is 16.1. The fourth-order valence-corrected chi connectivity index (χ4v) is 6.04. The van der Waals surface area contributed by atoms with Crippen LogP contribution < -0.4 is 4.31 Å². The molecule has 1 N–H and O–H groups in total. The van der Waals surface area contributed by atoms with Crippen molar-refractivity contribution in [1.82, 2.24) is 4.90 Å². The molecule has 2 aromatic rings. The van der Waals surface area contributed by atoms with Gasteiger partial charge in [0.05, 0.1) is 35.8 Å². The molecule has 0 aromatic heterocycles. The van der Waals surface area contributed by atoms with Gasteiger partial charge < -0.3 is 10.0 Å². The number of para-hydroxylation sites is 1. The van der Waals surface area contributed by atoms with Crippen molar-refractivity contribution in [2.45, 2.75) is 36.7 Å². The van der Waals surface area contributed by atoms with E-state index < -0.39 is 10.0 Å². The van der Waals surface area contributed by atoms with Gasteiger partial charge in [-0.15, -0.1) is 0 Å². The maximum Gasteiger partial charge on any atom is 0.264 e. The highest BCUT2D eigenvalue weighted by molar-refractivity contribution is 7.92. The van der Waals surface area contributed by atoms with Crippen LogP contribution in [0.3, 0.4) is 0 Å². The molecule has 0 radical (unpaired) electrons. The molecule has 1 saturated heterocycles. The van der Waals surface area contributed by atoms with E-state index in [9.17, 15) is 18.3 Å². The number of aryl methyl sites for hydroxylation is 1. The Labute approximate surface area is 159 Å². The molecule has 2 aliphatic rings. The molecule has 0 aliphatic carbocycles. The highest BCUT2D eigenvalue weighted by atomic mass is 32.2. The third-order valence-corrected chi connectivity index (χ3v) is 7.37. The Morgan fingerprint density at radius 1 is 1.19 bits per heavy atom. The maximum absolute atomic E-state index is 13.4. The van der Waals surface area contributed by atoms with Gasteiger partial charge in [0.15, 0.2) is 0 Å². The summed E-state index contributed by atoms with van der Waals surface area (Å²) >= 11 is 0. The standard InChI is InChI=1S/C20H22N2O4S/c1-13-6-5-7-15(10-13)27(25,26)21-11-18-20(16-8-3-4-9-17(16)21)19(12-23)22(18)14(2)24/h3-10,18-20,23H,11-12H2,1-2H3/t18-,19-,20+/m0/s1. The lowest BCUT2D eigenvalue weighted by Crippen LogP contribution is -2.70. The van der Waals surface area contributed by atoms with Crippen LogP contribution in [-0.4, -0.2) is 49.6 Å². The molecule has 1 fully saturated rings. The van der Waals surface area contributed by atoms with Gasteiger partial charge in [-0.2, -0.15) is 0 Å². The number of carbonyl (C=O) groups is 1. The van der Waals surface area contributed by atoms with Crippen molar-refractivity contribution >= 4 is 21.6 Å². The number of likely N-dealkylation sites (tertiary alicyclic amines) is 1. The Balaban J connectivity index is 1.83. The summed E-state index contributed by atoms with van der Waals surface area (Å²) in [4.78, 5) is 13.9. The van der Waals surface area contributed by atoms with Crippen molar-refractivity contribution in [3.8, 4) is 0 Å². The molecule has 2 heterocycles. The van der Waals surface area contributed by atoms with Crippen LogP contribution in [0.1, 0.15) is 24.0 Å². The number of fused-ring (bicyclic) bond motifs is 3. The van der Waals surface area contributed by atoms with Gasteiger partial charge in [0.1, 0.15) is 0 Å². The minimum atomic E-state index is -3.76. The van der Waals surface area contributed by atoms with Gasteiger partial charge in [-0.1, -0.05) is 30.3 Å². The Bertz CT molecular complexity index is 1000. The highest BCUT2D eigenvalue weighted by Crippen LogP contribution is 2.49. The van der Waals surface area contributed by atoms with Crippen LogP contribution in [0.2, 0.25) is 0 Å². The van der Waals surface area contributed by atoms with Crippen LogP contribution in [0.5, 0.6) is 0 Å². The zero-order valence-electron chi connectivity index (χ0n) is 15.2. The second kappa shape index (κ2) is 6.35. The molecule has 0 bridgehead atoms. The zero-order chi connectivity index (χ0) is 19.3. The van der Waals surface area contributed by atoms with Crippen molar-refractivity contribution in [3.63, 3.8) is 0 Å². The van der Waals surface area contributed by atoms with Crippen molar-refractivity contribution in [2.24, 2.45) is 0 Å². The number of aliphatic hydroxyl groups excluding tert-OH is 1. The molecule has 2 aromatic carbocycles. The Kier molecular flexibility index (Phi) is 4.24. The number of anilines is 1. The van der Waals surface area contributed by atoms with Gasteiger partial charge >= 0.3 is 0 Å². The molecule has 0 saturated carbocycles. The van der Waals surface area contributed by atoms with Crippen molar-refractivity contribution in [3.05, 3.63) is 59.7 Å². The predicted octanol–water partition coefficient (Wildman–Crippen LogP) is 1.88. The maximum atomic E-state index is 13.4. The monoisotopic (exact) mass is 386 g/mol. The molecule has 1 amide bonds. The highest BCUT2D eigenvalue weighted by Gasteiger charge is 2.55. The first-order valence-electron chi connectivity index (χ1n) is 8.94. The van der Waals surface area contributed by atoms with Crippen molar-refractivity contribution < 1.29 is 18.3 Å². The van der Waals surface area contributed by atoms with Gasteiger partial charge in [-0.05, 0) is 36.2 Å². The lowest BCUT2D eigenvalue weighted by molar-refractivity contribution is -0.147. The predicted molar refractivity (Wildman–Crippen MR) is 102 cm³/mol. The number of amides is 1. The number of rotatable bonds is 3. The van der Waals surface area contributed by atoms with Gasteiger partial charge in [0.2, 0.25) is 5.91 Å². The average Bonchev–Trinajstić information content (AvgIpc) is 2.61. The number of hydrogen-bond donors (Lipinski definition) is 1. The molecule has 27 heavy (non-hydrogen) atoms. The summed E-state index contributed by atoms with van der Waals surface area (Å²) in [5, 5.41) is 9.78. The second-order valence-electron chi connectivity index (χ2n) is 7.18. The van der Waals surface area contributed by atoms with E-state index in [1.54, 1.807) is 29.2 Å². The topological polar surface area (TPSA) is 77.9 Å². The van der Waals surface area contributed by atoms with Gasteiger partial charge in [-0.25, -0.2) is 8.42 Å². The minimum Gasteiger partial charge on any atom is -0.394 e. The quantitative estimate of drug-likeness (QED) is 0.874. The van der Waals surface area contributed by atoms with E-state index in [1.165, 1.54) is 11.2 Å². The van der Waals surface area contributed by atoms with Gasteiger partial charge in [0.25, 0.3) is 10.0 Å². The summed E-state index contributed by atoms with van der Waals surface area (Å²) in [7, 11) is -3.76. The number of nitrogens with zero attached hydrogens (tertiary/aromatic N) is 2. The summed E-state index contributed by atoms with van der Waals surface area (Å²) in [6.45, 7) is 3.36. The smallest absolute Gasteiger partial charge is 0.264 e. The molecule has 142 valence electrons. The van der Waals surface area contributed by atoms with Crippen LogP contribution >= 0.6 is 0 Å². The third kappa shape index (κ3) is 2.64. The molecule has 3 atom stereocenters. The Hall–Kier alpha value is -2.38. The first-order chi connectivity index (χ1) is 12.9. The number of hydrogen-bond acceptors (Lipinski definition) is 4. The fourth-order valence-electron chi connectivity index (χ4n) is 4.43. The summed E-state index contributed by atoms with van der Waals surface area (Å²) in [5.41, 5.74) is 2.36. The molecular weight excluding hydrogens is 364 g/mol. The first-order valence-corrected chi connectivity index (χ1v) is 10.4. The van der Waals surface area contributed by atoms with Gasteiger partial charge in [-0.3, -0.25) is 9.10 Å². The van der Waals surface area contributed by atoms with Crippen molar-refractivity contribution in [2.75, 3.05) is 17.5 Å². The first kappa shape index (κ1) is 18.0. The summed E-state index contributed by atoms with van der Waals surface area (Å²) in [5.74, 6) is -0.207. The van der Waals surface area contributed by atoms with E-state index in [1.807, 2.05) is 31.2 Å². The van der Waals surface area contributed by atoms with E-state index in [-0.39, 0.29) is 42.0 Å². The molecule has 0 unspecified atom stereocenters. The van der Waals surface area contributed by atoms with E-state index in [0.717, 1.165) is 11.1 Å². The fraction of sp³-hybridized carbons (Fsp3) is 0.350. The molecule has 7 heteroatoms. The average molecular weight is 386 g/mol. The van der Waals surface area contributed by atoms with E-state index in [4.69, 9.17) is 0 Å². The van der Waals surface area contributed by atoms with E-state index in [0.29, 0.717) is 5.69 Å². The van der Waals surface area contributed by atoms with Crippen LogP contribution in [0.15, 0.2) is 53.4 Å². The summed E-state index contributed by atoms with van der Waals surface area (Å²) in [6, 6.07) is 13.6. The normalized spacial score (nSPS) is 24.0. The summed E-state index contributed by atoms with van der Waals surface area (Å²) < 4.78 is 28.2. The lowest BCUT2D eigenvalue weighted by Gasteiger charge is -2.58. The molecule has 4 rings (SSSR count). The SMILES string of the molecule is CC(=O)N1[C@@H](CO)[C@@H]2c3ccccc3N(S(=O)(=O)c3cccc(C)c3)C[C@@H]21. The number of aliphatic hydroxyl groups is 1. The van der Waals surface area contributed by atoms with E-state index in [2.05, 4.69) is 0 Å². The number of sulfonamides is 1.